The Kier molecular flexibility index (Phi) is 5.59. The van der Waals surface area contributed by atoms with Crippen molar-refractivity contribution in [3.8, 4) is 5.88 Å². The highest BCUT2D eigenvalue weighted by Gasteiger charge is 2.18. The Morgan fingerprint density at radius 1 is 0.967 bits per heavy atom. The van der Waals surface area contributed by atoms with Gasteiger partial charge >= 0.3 is 0 Å². The number of carbonyl (C=O) groups excluding carboxylic acids is 1. The highest BCUT2D eigenvalue weighted by Crippen LogP contribution is 2.31. The minimum absolute atomic E-state index is 0.0308. The van der Waals surface area contributed by atoms with Gasteiger partial charge in [0.15, 0.2) is 5.88 Å². The molecule has 0 saturated carbocycles. The fourth-order valence-electron chi connectivity index (χ4n) is 3.32. The predicted octanol–water partition coefficient (Wildman–Crippen LogP) is 3.62. The lowest BCUT2D eigenvalue weighted by molar-refractivity contribution is -0.119. The molecule has 6 nitrogen and oxygen atoms in total. The molecule has 4 rings (SSSR count). The molecular weight excluding hydrogens is 376 g/mol. The van der Waals surface area contributed by atoms with Crippen LogP contribution >= 0.6 is 0 Å². The molecule has 0 radical (unpaired) electrons. The van der Waals surface area contributed by atoms with Crippen molar-refractivity contribution in [2.24, 2.45) is 10.7 Å². The second kappa shape index (κ2) is 8.63. The number of benzene rings is 3. The second-order valence-electron chi connectivity index (χ2n) is 6.87. The zero-order valence-corrected chi connectivity index (χ0v) is 16.3. The zero-order valence-electron chi connectivity index (χ0n) is 16.3. The maximum Gasteiger partial charge on any atom is 0.234 e. The number of aromatic nitrogens is 1. The van der Waals surface area contributed by atoms with Crippen LogP contribution in [0.25, 0.3) is 10.9 Å². The van der Waals surface area contributed by atoms with Gasteiger partial charge in [0.25, 0.3) is 0 Å². The van der Waals surface area contributed by atoms with Crippen LogP contribution in [-0.4, -0.2) is 28.3 Å². The van der Waals surface area contributed by atoms with Gasteiger partial charge in [0.1, 0.15) is 0 Å². The minimum atomic E-state index is -0.196. The number of fused-ring (bicyclic) bond motifs is 1. The number of hydrogen-bond acceptors (Lipinski definition) is 4. The average Bonchev–Trinajstić information content (AvgIpc) is 3.12. The summed E-state index contributed by atoms with van der Waals surface area (Å²) in [6.45, 7) is 0.381. The molecule has 1 aromatic heterocycles. The summed E-state index contributed by atoms with van der Waals surface area (Å²) in [5, 5.41) is 14.3. The lowest BCUT2D eigenvalue weighted by Crippen LogP contribution is -2.29. The number of nitrogens with zero attached hydrogens (tertiary/aromatic N) is 1. The van der Waals surface area contributed by atoms with Crippen LogP contribution in [0, 0.1) is 0 Å². The average molecular weight is 398 g/mol. The first-order valence-corrected chi connectivity index (χ1v) is 9.65. The van der Waals surface area contributed by atoms with Crippen LogP contribution in [0.15, 0.2) is 83.9 Å². The summed E-state index contributed by atoms with van der Waals surface area (Å²) in [6.07, 6.45) is 0. The lowest BCUT2D eigenvalue weighted by Gasteiger charge is -2.08. The summed E-state index contributed by atoms with van der Waals surface area (Å²) < 4.78 is 0. The van der Waals surface area contributed by atoms with Crippen molar-refractivity contribution >= 4 is 28.2 Å². The molecule has 0 spiro atoms. The Morgan fingerprint density at radius 3 is 2.40 bits per heavy atom. The third-order valence-electron chi connectivity index (χ3n) is 4.82. The summed E-state index contributed by atoms with van der Waals surface area (Å²) in [4.78, 5) is 19.2. The molecule has 0 atom stereocenters. The van der Waals surface area contributed by atoms with Crippen molar-refractivity contribution in [3.05, 3.63) is 95.6 Å². The number of amides is 1. The van der Waals surface area contributed by atoms with E-state index in [4.69, 9.17) is 10.7 Å². The fourth-order valence-corrected chi connectivity index (χ4v) is 3.32. The van der Waals surface area contributed by atoms with Crippen LogP contribution in [0.2, 0.25) is 0 Å². The van der Waals surface area contributed by atoms with Gasteiger partial charge in [0.05, 0.1) is 23.5 Å². The largest absolute Gasteiger partial charge is 0.494 e. The quantitative estimate of drug-likeness (QED) is 0.373. The van der Waals surface area contributed by atoms with Crippen LogP contribution in [0.1, 0.15) is 16.7 Å². The van der Waals surface area contributed by atoms with Crippen LogP contribution < -0.4 is 11.1 Å². The summed E-state index contributed by atoms with van der Waals surface area (Å²) in [5.74, 6) is -0.113. The van der Waals surface area contributed by atoms with Crippen molar-refractivity contribution in [2.45, 2.75) is 6.54 Å². The number of hydrogen-bond donors (Lipinski definition) is 4. The molecule has 6 heteroatoms. The van der Waals surface area contributed by atoms with Gasteiger partial charge in [-0.1, -0.05) is 60.7 Å². The van der Waals surface area contributed by atoms with E-state index in [1.54, 1.807) is 0 Å². The summed E-state index contributed by atoms with van der Waals surface area (Å²) in [7, 11) is 0. The molecule has 0 unspecified atom stereocenters. The van der Waals surface area contributed by atoms with Crippen LogP contribution in [0.3, 0.4) is 0 Å². The Morgan fingerprint density at radius 2 is 1.67 bits per heavy atom. The molecule has 0 bridgehead atoms. The maximum absolute atomic E-state index is 11.3. The van der Waals surface area contributed by atoms with Gasteiger partial charge in [-0.25, -0.2) is 4.99 Å². The van der Waals surface area contributed by atoms with Crippen molar-refractivity contribution in [2.75, 3.05) is 6.54 Å². The third-order valence-corrected chi connectivity index (χ3v) is 4.82. The number of aromatic amines is 1. The molecule has 150 valence electrons. The van der Waals surface area contributed by atoms with Crippen LogP contribution in [0.5, 0.6) is 5.88 Å². The van der Waals surface area contributed by atoms with Gasteiger partial charge in [-0.05, 0) is 23.8 Å². The van der Waals surface area contributed by atoms with E-state index in [0.29, 0.717) is 17.8 Å². The van der Waals surface area contributed by atoms with E-state index in [2.05, 4.69) is 10.3 Å². The van der Waals surface area contributed by atoms with Gasteiger partial charge in [-0.15, -0.1) is 0 Å². The molecule has 0 aliphatic rings. The van der Waals surface area contributed by atoms with E-state index in [1.807, 2.05) is 78.9 Å². The van der Waals surface area contributed by atoms with E-state index < -0.39 is 0 Å². The van der Waals surface area contributed by atoms with Gasteiger partial charge in [0.2, 0.25) is 5.91 Å². The van der Waals surface area contributed by atoms with Gasteiger partial charge in [-0.2, -0.15) is 0 Å². The van der Waals surface area contributed by atoms with Crippen LogP contribution in [0.4, 0.5) is 5.69 Å². The van der Waals surface area contributed by atoms with Crippen molar-refractivity contribution in [1.82, 2.24) is 10.3 Å². The molecule has 1 amide bonds. The Bertz CT molecular complexity index is 1200. The van der Waals surface area contributed by atoms with Crippen molar-refractivity contribution in [3.63, 3.8) is 0 Å². The minimum Gasteiger partial charge on any atom is -0.494 e. The molecule has 30 heavy (non-hydrogen) atoms. The monoisotopic (exact) mass is 398 g/mol. The molecule has 1 heterocycles. The Hall–Kier alpha value is -3.90. The number of aliphatic imine (C=N–C) groups is 1. The Labute approximate surface area is 174 Å². The first-order valence-electron chi connectivity index (χ1n) is 9.65. The second-order valence-corrected chi connectivity index (χ2v) is 6.87. The number of aromatic hydroxyl groups is 1. The molecule has 4 aromatic rings. The number of rotatable bonds is 6. The van der Waals surface area contributed by atoms with Crippen LogP contribution in [-0.2, 0) is 11.3 Å². The summed E-state index contributed by atoms with van der Waals surface area (Å²) >= 11 is 0. The maximum atomic E-state index is 11.3. The normalized spacial score (nSPS) is 11.6. The van der Waals surface area contributed by atoms with E-state index in [9.17, 15) is 9.90 Å². The molecular formula is C24H22N4O2. The van der Waals surface area contributed by atoms with Crippen molar-refractivity contribution in [1.29, 1.82) is 0 Å². The molecule has 5 N–H and O–H groups in total. The van der Waals surface area contributed by atoms with Gasteiger partial charge in [0, 0.05) is 23.0 Å². The molecule has 3 aromatic carbocycles. The number of nitrogens with one attached hydrogen (secondary N) is 2. The number of nitrogens with two attached hydrogens (primary N) is 1. The predicted molar refractivity (Wildman–Crippen MR) is 119 cm³/mol. The highest BCUT2D eigenvalue weighted by molar-refractivity contribution is 6.21. The first kappa shape index (κ1) is 19.4. The summed E-state index contributed by atoms with van der Waals surface area (Å²) in [6, 6.07) is 25.1. The molecule has 0 fully saturated rings. The Balaban J connectivity index is 1.75. The standard InChI is InChI=1S/C24H22N4O2/c25-14-21(29)26-15-16-10-12-18(13-11-16)27-23(17-6-2-1-3-7-17)22-19-8-4-5-9-20(19)28-24(22)30/h1-13,28,30H,14-15,25H2,(H,26,29). The smallest absolute Gasteiger partial charge is 0.234 e. The number of para-hydroxylation sites is 1. The van der Waals surface area contributed by atoms with E-state index in [-0.39, 0.29) is 18.3 Å². The van der Waals surface area contributed by atoms with E-state index in [1.165, 1.54) is 0 Å². The molecule has 0 aliphatic carbocycles. The van der Waals surface area contributed by atoms with Crippen molar-refractivity contribution < 1.29 is 9.90 Å². The highest BCUT2D eigenvalue weighted by atomic mass is 16.3. The SMILES string of the molecule is NCC(=O)NCc1ccc(N=C(c2ccccc2)c2c(O)[nH]c3ccccc23)cc1. The fraction of sp³-hybridized carbons (Fsp3) is 0.0833. The number of carbonyl (C=O) groups is 1. The summed E-state index contributed by atoms with van der Waals surface area (Å²) in [5.41, 5.74) is 10.1. The van der Waals surface area contributed by atoms with Gasteiger partial charge in [-0.3, -0.25) is 4.79 Å². The first-order chi connectivity index (χ1) is 14.7. The third kappa shape index (κ3) is 4.09. The van der Waals surface area contributed by atoms with Gasteiger partial charge < -0.3 is 21.1 Å². The lowest BCUT2D eigenvalue weighted by atomic mass is 10.0. The topological polar surface area (TPSA) is 104 Å². The molecule has 0 aliphatic heterocycles. The van der Waals surface area contributed by atoms with E-state index in [0.717, 1.165) is 27.7 Å². The van der Waals surface area contributed by atoms with E-state index >= 15 is 0 Å². The number of H-pyrrole nitrogens is 1. The zero-order chi connectivity index (χ0) is 20.9. The molecule has 0 saturated heterocycles.